The SMILES string of the molecule is CC1CC1NC(=O)C(Cl)c1ccccc1. The van der Waals surface area contributed by atoms with Gasteiger partial charge in [-0.15, -0.1) is 11.6 Å². The Hall–Kier alpha value is -1.02. The van der Waals surface area contributed by atoms with E-state index in [1.54, 1.807) is 0 Å². The third-order valence-electron chi connectivity index (χ3n) is 2.76. The molecule has 0 aromatic heterocycles. The highest BCUT2D eigenvalue weighted by Gasteiger charge is 2.35. The number of carbonyl (C=O) groups excluding carboxylic acids is 1. The normalized spacial score (nSPS) is 25.7. The highest BCUT2D eigenvalue weighted by molar-refractivity contribution is 6.30. The first-order valence-corrected chi connectivity index (χ1v) is 5.61. The molecule has 2 nitrogen and oxygen atoms in total. The molecule has 1 aromatic rings. The average molecular weight is 224 g/mol. The van der Waals surface area contributed by atoms with Crippen LogP contribution in [0.4, 0.5) is 0 Å². The Balaban J connectivity index is 1.95. The highest BCUT2D eigenvalue weighted by Crippen LogP contribution is 2.30. The van der Waals surface area contributed by atoms with E-state index in [9.17, 15) is 4.79 Å². The van der Waals surface area contributed by atoms with Gasteiger partial charge in [0.1, 0.15) is 5.38 Å². The van der Waals surface area contributed by atoms with Crippen molar-refractivity contribution >= 4 is 17.5 Å². The van der Waals surface area contributed by atoms with Gasteiger partial charge < -0.3 is 5.32 Å². The highest BCUT2D eigenvalue weighted by atomic mass is 35.5. The van der Waals surface area contributed by atoms with Crippen molar-refractivity contribution in [2.45, 2.75) is 24.8 Å². The van der Waals surface area contributed by atoms with Gasteiger partial charge in [0.2, 0.25) is 5.91 Å². The van der Waals surface area contributed by atoms with E-state index in [2.05, 4.69) is 12.2 Å². The summed E-state index contributed by atoms with van der Waals surface area (Å²) in [5.74, 6) is 0.519. The first-order chi connectivity index (χ1) is 7.18. The number of hydrogen-bond donors (Lipinski definition) is 1. The van der Waals surface area contributed by atoms with Crippen LogP contribution in [0.1, 0.15) is 24.3 Å². The van der Waals surface area contributed by atoms with Gasteiger partial charge in [0.15, 0.2) is 0 Å². The molecule has 3 heteroatoms. The number of nitrogens with one attached hydrogen (secondary N) is 1. The van der Waals surface area contributed by atoms with Crippen LogP contribution in [-0.2, 0) is 4.79 Å². The lowest BCUT2D eigenvalue weighted by Gasteiger charge is -2.10. The van der Waals surface area contributed by atoms with Gasteiger partial charge in [-0.3, -0.25) is 4.79 Å². The first kappa shape index (κ1) is 10.5. The van der Waals surface area contributed by atoms with Gasteiger partial charge in [0.05, 0.1) is 0 Å². The van der Waals surface area contributed by atoms with Crippen molar-refractivity contribution in [2.24, 2.45) is 5.92 Å². The zero-order valence-corrected chi connectivity index (χ0v) is 9.37. The maximum Gasteiger partial charge on any atom is 0.242 e. The second-order valence-electron chi connectivity index (χ2n) is 4.10. The first-order valence-electron chi connectivity index (χ1n) is 5.18. The summed E-state index contributed by atoms with van der Waals surface area (Å²) in [4.78, 5) is 11.7. The molecule has 1 fully saturated rings. The molecule has 80 valence electrons. The van der Waals surface area contributed by atoms with E-state index in [4.69, 9.17) is 11.6 Å². The fraction of sp³-hybridized carbons (Fsp3) is 0.417. The molecule has 1 aliphatic rings. The Morgan fingerprint density at radius 2 is 2.07 bits per heavy atom. The van der Waals surface area contributed by atoms with Crippen LogP contribution in [0.15, 0.2) is 30.3 Å². The van der Waals surface area contributed by atoms with Gasteiger partial charge in [-0.1, -0.05) is 37.3 Å². The van der Waals surface area contributed by atoms with Crippen LogP contribution in [0.5, 0.6) is 0 Å². The van der Waals surface area contributed by atoms with Gasteiger partial charge in [-0.25, -0.2) is 0 Å². The lowest BCUT2D eigenvalue weighted by molar-refractivity contribution is -0.121. The molecule has 0 spiro atoms. The molecule has 0 bridgehead atoms. The van der Waals surface area contributed by atoms with Crippen LogP contribution in [0.3, 0.4) is 0 Å². The predicted octanol–water partition coefficient (Wildman–Crippen LogP) is 2.49. The fourth-order valence-corrected chi connectivity index (χ4v) is 1.76. The molecule has 1 aromatic carbocycles. The number of alkyl halides is 1. The van der Waals surface area contributed by atoms with E-state index in [0.717, 1.165) is 12.0 Å². The minimum Gasteiger partial charge on any atom is -0.352 e. The molecule has 1 N–H and O–H groups in total. The Bertz CT molecular complexity index is 352. The molecule has 0 aliphatic heterocycles. The van der Waals surface area contributed by atoms with Crippen molar-refractivity contribution in [1.29, 1.82) is 0 Å². The van der Waals surface area contributed by atoms with E-state index in [-0.39, 0.29) is 5.91 Å². The van der Waals surface area contributed by atoms with E-state index < -0.39 is 5.38 Å². The molecule has 3 unspecified atom stereocenters. The lowest BCUT2D eigenvalue weighted by atomic mass is 10.1. The standard InChI is InChI=1S/C12H14ClNO/c1-8-7-10(8)14-12(15)11(13)9-5-3-2-4-6-9/h2-6,8,10-11H,7H2,1H3,(H,14,15). The topological polar surface area (TPSA) is 29.1 Å². The van der Waals surface area contributed by atoms with Gasteiger partial charge in [-0.2, -0.15) is 0 Å². The number of benzene rings is 1. The van der Waals surface area contributed by atoms with Crippen molar-refractivity contribution in [1.82, 2.24) is 5.32 Å². The smallest absolute Gasteiger partial charge is 0.242 e. The van der Waals surface area contributed by atoms with E-state index >= 15 is 0 Å². The minimum absolute atomic E-state index is 0.0859. The van der Waals surface area contributed by atoms with Gasteiger partial charge in [0.25, 0.3) is 0 Å². The Morgan fingerprint density at radius 1 is 1.47 bits per heavy atom. The van der Waals surface area contributed by atoms with E-state index in [0.29, 0.717) is 12.0 Å². The molecule has 1 amide bonds. The molecule has 1 aliphatic carbocycles. The molecule has 0 saturated heterocycles. The Kier molecular flexibility index (Phi) is 2.96. The minimum atomic E-state index is -0.570. The van der Waals surface area contributed by atoms with Crippen LogP contribution in [0.25, 0.3) is 0 Å². The summed E-state index contributed by atoms with van der Waals surface area (Å²) in [6, 6.07) is 9.76. The largest absolute Gasteiger partial charge is 0.352 e. The number of carbonyl (C=O) groups is 1. The Morgan fingerprint density at radius 3 is 2.60 bits per heavy atom. The van der Waals surface area contributed by atoms with Crippen molar-refractivity contribution in [3.05, 3.63) is 35.9 Å². The Labute approximate surface area is 94.6 Å². The fourth-order valence-electron chi connectivity index (χ4n) is 1.55. The van der Waals surface area contributed by atoms with E-state index in [1.807, 2.05) is 30.3 Å². The van der Waals surface area contributed by atoms with Crippen LogP contribution in [0, 0.1) is 5.92 Å². The second kappa shape index (κ2) is 4.23. The summed E-state index contributed by atoms with van der Waals surface area (Å²) in [5.41, 5.74) is 0.852. The number of amides is 1. The van der Waals surface area contributed by atoms with Crippen molar-refractivity contribution in [2.75, 3.05) is 0 Å². The van der Waals surface area contributed by atoms with Gasteiger partial charge >= 0.3 is 0 Å². The monoisotopic (exact) mass is 223 g/mol. The van der Waals surface area contributed by atoms with Crippen molar-refractivity contribution in [3.8, 4) is 0 Å². The summed E-state index contributed by atoms with van der Waals surface area (Å²) in [5, 5.41) is 2.36. The molecule has 1 saturated carbocycles. The summed E-state index contributed by atoms with van der Waals surface area (Å²) >= 11 is 6.06. The predicted molar refractivity (Wildman–Crippen MR) is 60.7 cm³/mol. The maximum atomic E-state index is 11.7. The molecule has 0 heterocycles. The van der Waals surface area contributed by atoms with Crippen LogP contribution in [0.2, 0.25) is 0 Å². The van der Waals surface area contributed by atoms with Gasteiger partial charge in [0, 0.05) is 6.04 Å². The van der Waals surface area contributed by atoms with Crippen molar-refractivity contribution < 1.29 is 4.79 Å². The number of halogens is 1. The molecule has 2 rings (SSSR count). The summed E-state index contributed by atoms with van der Waals surface area (Å²) < 4.78 is 0. The lowest BCUT2D eigenvalue weighted by Crippen LogP contribution is -2.29. The molecular weight excluding hydrogens is 210 g/mol. The zero-order chi connectivity index (χ0) is 10.8. The molecule has 0 radical (unpaired) electrons. The third kappa shape index (κ3) is 2.51. The number of rotatable bonds is 3. The summed E-state index contributed by atoms with van der Waals surface area (Å²) in [6.45, 7) is 2.12. The number of hydrogen-bond acceptors (Lipinski definition) is 1. The molecular formula is C12H14ClNO. The maximum absolute atomic E-state index is 11.7. The quantitative estimate of drug-likeness (QED) is 0.784. The summed E-state index contributed by atoms with van der Waals surface area (Å²) in [6.07, 6.45) is 1.07. The second-order valence-corrected chi connectivity index (χ2v) is 4.54. The van der Waals surface area contributed by atoms with E-state index in [1.165, 1.54) is 0 Å². The zero-order valence-electron chi connectivity index (χ0n) is 8.61. The van der Waals surface area contributed by atoms with Crippen molar-refractivity contribution in [3.63, 3.8) is 0 Å². The van der Waals surface area contributed by atoms with Crippen LogP contribution in [-0.4, -0.2) is 11.9 Å². The van der Waals surface area contributed by atoms with Gasteiger partial charge in [-0.05, 0) is 17.9 Å². The average Bonchev–Trinajstić information content (AvgIpc) is 2.94. The van der Waals surface area contributed by atoms with Crippen LogP contribution < -0.4 is 5.32 Å². The molecule has 3 atom stereocenters. The molecule has 15 heavy (non-hydrogen) atoms. The third-order valence-corrected chi connectivity index (χ3v) is 3.21. The van der Waals surface area contributed by atoms with Crippen LogP contribution >= 0.6 is 11.6 Å². The summed E-state index contributed by atoms with van der Waals surface area (Å²) in [7, 11) is 0.